The molecule has 2 aliphatic carbocycles. The maximum Gasteiger partial charge on any atom is 0.411 e. The Hall–Kier alpha value is -7.01. The van der Waals surface area contributed by atoms with Crippen molar-refractivity contribution >= 4 is 79.0 Å². The number of sulfonamides is 1. The van der Waals surface area contributed by atoms with Gasteiger partial charge in [0.1, 0.15) is 57.5 Å². The van der Waals surface area contributed by atoms with Crippen LogP contribution >= 0.6 is 11.3 Å². The van der Waals surface area contributed by atoms with Gasteiger partial charge < -0.3 is 45.3 Å². The molecule has 3 fully saturated rings. The SMILES string of the molecule is C=C[C@@H]1C[C@]1(NC(=O)[C@@H]1C[C@@H](Oc2cc(-c3csc(NC(C)C)n3)nc3cc(OC)ccc23)CN1C(=O)OC(C)(C)C)C(=O)NS(=O)(=O)c1ccccc1NC(=O)CCCCCC[C@H](NC(=O)OC1CCCC1)C(=O)O. The van der Waals surface area contributed by atoms with Crippen LogP contribution in [-0.4, -0.2) is 119 Å². The molecule has 7 rings (SSSR count). The van der Waals surface area contributed by atoms with Crippen LogP contribution in [0.1, 0.15) is 112 Å². The smallest absolute Gasteiger partial charge is 0.411 e. The number of hydrogen-bond acceptors (Lipinski definition) is 16. The quantitative estimate of drug-likeness (QED) is 0.0304. The number of anilines is 2. The molecule has 0 bridgehead atoms. The predicted molar refractivity (Wildman–Crippen MR) is 284 cm³/mol. The van der Waals surface area contributed by atoms with E-state index in [-0.39, 0.29) is 50.1 Å². The minimum atomic E-state index is -4.68. The van der Waals surface area contributed by atoms with Crippen LogP contribution in [0.15, 0.2) is 71.5 Å². The lowest BCUT2D eigenvalue weighted by molar-refractivity contribution is -0.139. The van der Waals surface area contributed by atoms with Crippen LogP contribution in [-0.2, 0) is 38.7 Å². The first kappa shape index (κ1) is 56.7. The highest BCUT2D eigenvalue weighted by atomic mass is 32.2. The molecule has 5 amide bonds. The van der Waals surface area contributed by atoms with Gasteiger partial charge in [0.15, 0.2) is 5.13 Å². The molecular weight excluding hydrogens is 1020 g/mol. The molecule has 1 aliphatic heterocycles. The number of para-hydroxylation sites is 1. The van der Waals surface area contributed by atoms with Gasteiger partial charge in [-0.2, -0.15) is 0 Å². The number of carboxylic acids is 1. The summed E-state index contributed by atoms with van der Waals surface area (Å²) in [6, 6.07) is 10.5. The largest absolute Gasteiger partial charge is 0.497 e. The first-order valence-corrected chi connectivity index (χ1v) is 27.9. The maximum atomic E-state index is 14.5. The van der Waals surface area contributed by atoms with Gasteiger partial charge in [0.05, 0.1) is 30.6 Å². The minimum Gasteiger partial charge on any atom is -0.497 e. The average Bonchev–Trinajstić information content (AvgIpc) is 3.79. The minimum absolute atomic E-state index is 0.00175. The molecule has 21 nitrogen and oxygen atoms in total. The Balaban J connectivity index is 0.999. The fourth-order valence-electron chi connectivity index (χ4n) is 9.27. The normalized spacial score (nSPS) is 19.8. The number of rotatable bonds is 23. The second-order valence-corrected chi connectivity index (χ2v) is 23.1. The number of nitrogens with one attached hydrogen (secondary N) is 5. The Morgan fingerprint density at radius 2 is 1.71 bits per heavy atom. The predicted octanol–water partition coefficient (Wildman–Crippen LogP) is 7.91. The summed E-state index contributed by atoms with van der Waals surface area (Å²) in [4.78, 5) is 90.2. The molecule has 2 saturated carbocycles. The molecular formula is C53H68N8O13S2. The van der Waals surface area contributed by atoms with E-state index in [9.17, 15) is 42.3 Å². The summed E-state index contributed by atoms with van der Waals surface area (Å²) in [7, 11) is -3.13. The summed E-state index contributed by atoms with van der Waals surface area (Å²) >= 11 is 1.43. The molecule has 0 radical (unpaired) electrons. The number of fused-ring (bicyclic) bond motifs is 1. The van der Waals surface area contributed by atoms with Crippen molar-refractivity contribution in [1.82, 2.24) is 30.2 Å². The van der Waals surface area contributed by atoms with Crippen molar-refractivity contribution < 1.29 is 61.2 Å². The second-order valence-electron chi connectivity index (χ2n) is 20.6. The van der Waals surface area contributed by atoms with Crippen molar-refractivity contribution in [2.45, 2.75) is 158 Å². The van der Waals surface area contributed by atoms with Crippen molar-refractivity contribution in [1.29, 1.82) is 0 Å². The van der Waals surface area contributed by atoms with Crippen LogP contribution < -0.4 is 35.5 Å². The number of pyridine rings is 1. The highest BCUT2D eigenvalue weighted by molar-refractivity contribution is 7.90. The molecule has 6 N–H and O–H groups in total. The Morgan fingerprint density at radius 1 is 0.974 bits per heavy atom. The average molecular weight is 1090 g/mol. The number of aromatic nitrogens is 2. The second kappa shape index (κ2) is 24.3. The number of benzene rings is 2. The Bertz CT molecular complexity index is 2920. The van der Waals surface area contributed by atoms with Gasteiger partial charge >= 0.3 is 18.2 Å². The van der Waals surface area contributed by atoms with Crippen LogP contribution in [0.4, 0.5) is 20.4 Å². The summed E-state index contributed by atoms with van der Waals surface area (Å²) in [6.45, 7) is 12.8. The molecule has 2 aromatic carbocycles. The highest BCUT2D eigenvalue weighted by Crippen LogP contribution is 2.46. The maximum absolute atomic E-state index is 14.5. The van der Waals surface area contributed by atoms with Crippen molar-refractivity contribution in [3.63, 3.8) is 0 Å². The first-order chi connectivity index (χ1) is 36.1. The van der Waals surface area contributed by atoms with Crippen molar-refractivity contribution in [3.8, 4) is 22.9 Å². The van der Waals surface area contributed by atoms with Crippen molar-refractivity contribution in [2.24, 2.45) is 5.92 Å². The molecule has 4 aromatic rings. The summed E-state index contributed by atoms with van der Waals surface area (Å²) in [6.07, 6.45) is 4.48. The zero-order valence-electron chi connectivity index (χ0n) is 43.6. The van der Waals surface area contributed by atoms with Crippen molar-refractivity contribution in [3.05, 3.63) is 66.6 Å². The summed E-state index contributed by atoms with van der Waals surface area (Å²) in [5.74, 6) is -3.18. The number of ether oxygens (including phenoxy) is 4. The number of likely N-dealkylation sites (tertiary alicyclic amines) is 1. The number of unbranched alkanes of at least 4 members (excludes halogenated alkanes) is 3. The van der Waals surface area contributed by atoms with Crippen LogP contribution in [0, 0.1) is 5.92 Å². The zero-order valence-corrected chi connectivity index (χ0v) is 45.3. The third kappa shape index (κ3) is 14.5. The van der Waals surface area contributed by atoms with E-state index in [1.165, 1.54) is 46.6 Å². The number of hydrogen-bond donors (Lipinski definition) is 6. The summed E-state index contributed by atoms with van der Waals surface area (Å²) in [5, 5.41) is 24.0. The molecule has 410 valence electrons. The van der Waals surface area contributed by atoms with E-state index < -0.39 is 86.0 Å². The van der Waals surface area contributed by atoms with Gasteiger partial charge in [0.25, 0.3) is 15.9 Å². The third-order valence-corrected chi connectivity index (χ3v) is 15.3. The lowest BCUT2D eigenvalue weighted by Crippen LogP contribution is -2.56. The molecule has 0 unspecified atom stereocenters. The monoisotopic (exact) mass is 1090 g/mol. The highest BCUT2D eigenvalue weighted by Gasteiger charge is 2.61. The Kier molecular flexibility index (Phi) is 18.2. The molecule has 76 heavy (non-hydrogen) atoms. The molecule has 2 aromatic heterocycles. The number of carboxylic acid groups (broad SMARTS) is 1. The van der Waals surface area contributed by atoms with E-state index in [0.717, 1.165) is 25.7 Å². The Morgan fingerprint density at radius 3 is 2.39 bits per heavy atom. The molecule has 23 heteroatoms. The molecule has 0 spiro atoms. The van der Waals surface area contributed by atoms with E-state index in [0.29, 0.717) is 64.6 Å². The van der Waals surface area contributed by atoms with E-state index >= 15 is 0 Å². The fraction of sp³-hybridized carbons (Fsp3) is 0.509. The summed E-state index contributed by atoms with van der Waals surface area (Å²) < 4.78 is 53.4. The molecule has 1 saturated heterocycles. The van der Waals surface area contributed by atoms with Gasteiger partial charge in [-0.3, -0.25) is 19.3 Å². The molecule has 3 heterocycles. The lowest BCUT2D eigenvalue weighted by atomic mass is 10.1. The number of carbonyl (C=O) groups is 6. The number of carbonyl (C=O) groups excluding carboxylic acids is 5. The van der Waals surface area contributed by atoms with Crippen LogP contribution in [0.2, 0.25) is 0 Å². The van der Waals surface area contributed by atoms with E-state index in [1.54, 1.807) is 52.1 Å². The number of nitrogens with zero attached hydrogens (tertiary/aromatic N) is 3. The Labute approximate surface area is 446 Å². The van der Waals surface area contributed by atoms with Gasteiger partial charge in [-0.25, -0.2) is 37.5 Å². The van der Waals surface area contributed by atoms with Gasteiger partial charge in [0, 0.05) is 47.7 Å². The van der Waals surface area contributed by atoms with Crippen LogP contribution in [0.25, 0.3) is 22.3 Å². The van der Waals surface area contributed by atoms with Gasteiger partial charge in [0.2, 0.25) is 11.8 Å². The summed E-state index contributed by atoms with van der Waals surface area (Å²) in [5.41, 5.74) is -1.13. The zero-order chi connectivity index (χ0) is 55.0. The van der Waals surface area contributed by atoms with Gasteiger partial charge in [-0.15, -0.1) is 17.9 Å². The topological polar surface area (TPSA) is 283 Å². The van der Waals surface area contributed by atoms with Crippen LogP contribution in [0.3, 0.4) is 0 Å². The number of aliphatic carboxylic acids is 1. The van der Waals surface area contributed by atoms with Gasteiger partial charge in [-0.05, 0) is 104 Å². The first-order valence-electron chi connectivity index (χ1n) is 25.6. The van der Waals surface area contributed by atoms with Gasteiger partial charge in [-0.1, -0.05) is 37.5 Å². The molecule has 3 aliphatic rings. The number of methoxy groups -OCH3 is 1. The number of thiazole rings is 1. The third-order valence-electron chi connectivity index (χ3n) is 13.2. The molecule has 5 atom stereocenters. The number of amides is 5. The standard InChI is InChI=1S/C53H68N8O13S2/c1-8-32-28-53(32,48(66)60-76(69,70)44-21-16-15-19-37(44)56-45(62)22-12-10-9-11-20-38(47(64)65)58-50(67)73-33-17-13-14-18-33)59-46(63)42-26-35(29-61(42)51(68)74-52(4,5)6)72-43-27-40(41-30-75-49(57-41)54-31(2)3)55-39-25-34(71-7)23-24-36(39)43/h8,15-16,19,21,23-25,27,30-33,35,38,42H,1,9-14,17-18,20,22,26,28-29H2,2-7H3,(H,54,57)(H,56,62)(H,58,67)(H,59,63)(H,60,66)(H,64,65)/t32-,35-,38+,42+,53-/m1/s1. The van der Waals surface area contributed by atoms with Crippen molar-refractivity contribution in [2.75, 3.05) is 24.3 Å². The lowest BCUT2D eigenvalue weighted by Gasteiger charge is -2.29. The van der Waals surface area contributed by atoms with E-state index in [4.69, 9.17) is 28.9 Å². The number of alkyl carbamates (subject to hydrolysis) is 1. The fourth-order valence-corrected chi connectivity index (χ4v) is 11.3. The van der Waals surface area contributed by atoms with E-state index in [1.807, 2.05) is 19.2 Å². The van der Waals surface area contributed by atoms with E-state index in [2.05, 4.69) is 32.6 Å². The van der Waals surface area contributed by atoms with Crippen LogP contribution in [0.5, 0.6) is 11.5 Å².